The molecule has 0 heterocycles. The molecule has 0 saturated heterocycles. The molecule has 4 N–H and O–H groups in total. The molecule has 1 rings (SSSR count). The third-order valence-electron chi connectivity index (χ3n) is 2.34. The van der Waals surface area contributed by atoms with E-state index in [0.717, 1.165) is 0 Å². The second kappa shape index (κ2) is 6.48. The van der Waals surface area contributed by atoms with Crippen LogP contribution in [0, 0.1) is 0 Å². The number of aliphatic carboxylic acids is 1. The molecule has 6 nitrogen and oxygen atoms in total. The Morgan fingerprint density at radius 1 is 1.11 bits per heavy atom. The number of rotatable bonds is 6. The Morgan fingerprint density at radius 2 is 1.83 bits per heavy atom. The molecule has 1 amide bonds. The smallest absolute Gasteiger partial charge is 0.303 e. The Kier molecular flexibility index (Phi) is 4.98. The van der Waals surface area contributed by atoms with Crippen LogP contribution in [0.1, 0.15) is 29.6 Å². The third-order valence-corrected chi connectivity index (χ3v) is 2.34. The molecule has 0 unspecified atom stereocenters. The van der Waals surface area contributed by atoms with E-state index in [4.69, 9.17) is 10.2 Å². The van der Waals surface area contributed by atoms with E-state index in [1.807, 2.05) is 0 Å². The lowest BCUT2D eigenvalue weighted by Crippen LogP contribution is -2.24. The van der Waals surface area contributed by atoms with E-state index in [9.17, 15) is 14.7 Å². The van der Waals surface area contributed by atoms with Gasteiger partial charge in [0.1, 0.15) is 0 Å². The molecule has 6 heteroatoms. The number of phenolic OH excluding ortho intramolecular Hbond substituents is 2. The standard InChI is InChI=1S/C12H15NO5/c14-9-5-4-8(7-10(9)15)12(18)13-6-2-1-3-11(16)17/h4-5,7,14-15H,1-3,6H2,(H,13,18)(H,16,17). The van der Waals surface area contributed by atoms with Gasteiger partial charge in [-0.1, -0.05) is 0 Å². The van der Waals surface area contributed by atoms with Gasteiger partial charge in [0.25, 0.3) is 5.91 Å². The molecule has 18 heavy (non-hydrogen) atoms. The number of carboxylic acids is 1. The van der Waals surface area contributed by atoms with Crippen molar-refractivity contribution in [1.82, 2.24) is 5.32 Å². The van der Waals surface area contributed by atoms with E-state index in [1.165, 1.54) is 18.2 Å². The summed E-state index contributed by atoms with van der Waals surface area (Å²) in [4.78, 5) is 21.8. The molecule has 0 atom stereocenters. The van der Waals surface area contributed by atoms with E-state index >= 15 is 0 Å². The zero-order valence-corrected chi connectivity index (χ0v) is 9.72. The van der Waals surface area contributed by atoms with Crippen LogP contribution in [0.5, 0.6) is 11.5 Å². The normalized spacial score (nSPS) is 10.0. The van der Waals surface area contributed by atoms with Crippen molar-refractivity contribution >= 4 is 11.9 Å². The number of hydrogen-bond acceptors (Lipinski definition) is 4. The average molecular weight is 253 g/mol. The zero-order valence-electron chi connectivity index (χ0n) is 9.72. The van der Waals surface area contributed by atoms with Crippen LogP contribution in [0.3, 0.4) is 0 Å². The maximum absolute atomic E-state index is 11.6. The number of nitrogens with one attached hydrogen (secondary N) is 1. The van der Waals surface area contributed by atoms with Gasteiger partial charge in [0.2, 0.25) is 0 Å². The Balaban J connectivity index is 2.36. The van der Waals surface area contributed by atoms with E-state index in [1.54, 1.807) is 0 Å². The summed E-state index contributed by atoms with van der Waals surface area (Å²) in [6.07, 6.45) is 1.15. The lowest BCUT2D eigenvalue weighted by atomic mass is 10.2. The third kappa shape index (κ3) is 4.32. The Labute approximate surface area is 104 Å². The lowest BCUT2D eigenvalue weighted by Gasteiger charge is -2.05. The molecule has 0 radical (unpaired) electrons. The first kappa shape index (κ1) is 13.8. The fraction of sp³-hybridized carbons (Fsp3) is 0.333. The van der Waals surface area contributed by atoms with Gasteiger partial charge in [0.05, 0.1) is 0 Å². The van der Waals surface area contributed by atoms with Gasteiger partial charge in [-0.05, 0) is 31.0 Å². The van der Waals surface area contributed by atoms with E-state index in [-0.39, 0.29) is 29.4 Å². The number of carbonyl (C=O) groups excluding carboxylic acids is 1. The van der Waals surface area contributed by atoms with Crippen LogP contribution >= 0.6 is 0 Å². The maximum atomic E-state index is 11.6. The van der Waals surface area contributed by atoms with Gasteiger partial charge in [-0.2, -0.15) is 0 Å². The number of benzene rings is 1. The second-order valence-electron chi connectivity index (χ2n) is 3.81. The van der Waals surface area contributed by atoms with Crippen molar-refractivity contribution < 1.29 is 24.9 Å². The molecular weight excluding hydrogens is 238 g/mol. The largest absolute Gasteiger partial charge is 0.504 e. The molecule has 0 saturated carbocycles. The number of aromatic hydroxyl groups is 2. The second-order valence-corrected chi connectivity index (χ2v) is 3.81. The van der Waals surface area contributed by atoms with Crippen molar-refractivity contribution in [2.75, 3.05) is 6.54 Å². The van der Waals surface area contributed by atoms with Gasteiger partial charge in [0.15, 0.2) is 11.5 Å². The lowest BCUT2D eigenvalue weighted by molar-refractivity contribution is -0.137. The number of hydrogen-bond donors (Lipinski definition) is 4. The van der Waals surface area contributed by atoms with Gasteiger partial charge < -0.3 is 20.6 Å². The fourth-order valence-corrected chi connectivity index (χ4v) is 1.37. The zero-order chi connectivity index (χ0) is 13.5. The van der Waals surface area contributed by atoms with Crippen LogP contribution in [-0.4, -0.2) is 33.7 Å². The van der Waals surface area contributed by atoms with Crippen molar-refractivity contribution in [1.29, 1.82) is 0 Å². The topological polar surface area (TPSA) is 107 Å². The molecule has 0 fully saturated rings. The molecular formula is C12H15NO5. The highest BCUT2D eigenvalue weighted by molar-refractivity contribution is 5.94. The Hall–Kier alpha value is -2.24. The number of unbranched alkanes of at least 4 members (excludes halogenated alkanes) is 1. The van der Waals surface area contributed by atoms with Crippen LogP contribution in [0.2, 0.25) is 0 Å². The minimum absolute atomic E-state index is 0.0792. The van der Waals surface area contributed by atoms with Crippen LogP contribution in [-0.2, 0) is 4.79 Å². The summed E-state index contributed by atoms with van der Waals surface area (Å²) in [6.45, 7) is 0.369. The SMILES string of the molecule is O=C(O)CCCCNC(=O)c1ccc(O)c(O)c1. The van der Waals surface area contributed by atoms with Crippen molar-refractivity contribution in [2.24, 2.45) is 0 Å². The molecule has 98 valence electrons. The molecule has 0 aliphatic rings. The average Bonchev–Trinajstić information content (AvgIpc) is 2.31. The van der Waals surface area contributed by atoms with E-state index in [2.05, 4.69) is 5.32 Å². The molecule has 0 aliphatic carbocycles. The number of carbonyl (C=O) groups is 2. The summed E-state index contributed by atoms with van der Waals surface area (Å²) in [5.41, 5.74) is 0.239. The molecule has 0 aliphatic heterocycles. The molecule has 1 aromatic carbocycles. The highest BCUT2D eigenvalue weighted by Crippen LogP contribution is 2.24. The highest BCUT2D eigenvalue weighted by Gasteiger charge is 2.08. The first-order valence-corrected chi connectivity index (χ1v) is 5.52. The Morgan fingerprint density at radius 3 is 2.44 bits per heavy atom. The number of phenols is 2. The first-order chi connectivity index (χ1) is 8.50. The summed E-state index contributed by atoms with van der Waals surface area (Å²) in [7, 11) is 0. The Bertz CT molecular complexity index is 444. The summed E-state index contributed by atoms with van der Waals surface area (Å²) < 4.78 is 0. The highest BCUT2D eigenvalue weighted by atomic mass is 16.4. The minimum Gasteiger partial charge on any atom is -0.504 e. The summed E-state index contributed by atoms with van der Waals surface area (Å²) in [6, 6.07) is 3.79. The molecule has 0 bridgehead atoms. The minimum atomic E-state index is -0.857. The monoisotopic (exact) mass is 253 g/mol. The first-order valence-electron chi connectivity index (χ1n) is 5.52. The molecule has 0 aromatic heterocycles. The quantitative estimate of drug-likeness (QED) is 0.448. The summed E-state index contributed by atoms with van der Waals surface area (Å²) >= 11 is 0. The van der Waals surface area contributed by atoms with Crippen molar-refractivity contribution in [3.63, 3.8) is 0 Å². The van der Waals surface area contributed by atoms with E-state index in [0.29, 0.717) is 19.4 Å². The predicted octanol–water partition coefficient (Wildman–Crippen LogP) is 1.08. The maximum Gasteiger partial charge on any atom is 0.303 e. The van der Waals surface area contributed by atoms with Crippen LogP contribution < -0.4 is 5.32 Å². The van der Waals surface area contributed by atoms with Crippen molar-refractivity contribution in [2.45, 2.75) is 19.3 Å². The van der Waals surface area contributed by atoms with Crippen LogP contribution in [0.25, 0.3) is 0 Å². The van der Waals surface area contributed by atoms with Gasteiger partial charge >= 0.3 is 5.97 Å². The van der Waals surface area contributed by atoms with Gasteiger partial charge in [-0.25, -0.2) is 0 Å². The summed E-state index contributed by atoms with van der Waals surface area (Å²) in [5, 5.41) is 29.3. The van der Waals surface area contributed by atoms with Gasteiger partial charge in [-0.3, -0.25) is 9.59 Å². The molecule has 0 spiro atoms. The number of amides is 1. The molecule has 1 aromatic rings. The van der Waals surface area contributed by atoms with Crippen molar-refractivity contribution in [3.05, 3.63) is 23.8 Å². The number of carboxylic acid groups (broad SMARTS) is 1. The van der Waals surface area contributed by atoms with Crippen LogP contribution in [0.4, 0.5) is 0 Å². The van der Waals surface area contributed by atoms with Gasteiger partial charge in [0, 0.05) is 18.5 Å². The predicted molar refractivity (Wildman–Crippen MR) is 63.6 cm³/mol. The van der Waals surface area contributed by atoms with Crippen LogP contribution in [0.15, 0.2) is 18.2 Å². The van der Waals surface area contributed by atoms with Crippen molar-refractivity contribution in [3.8, 4) is 11.5 Å². The fourth-order valence-electron chi connectivity index (χ4n) is 1.37. The van der Waals surface area contributed by atoms with Gasteiger partial charge in [-0.15, -0.1) is 0 Å². The van der Waals surface area contributed by atoms with E-state index < -0.39 is 5.97 Å². The summed E-state index contributed by atoms with van der Waals surface area (Å²) in [5.74, 6) is -1.87.